The summed E-state index contributed by atoms with van der Waals surface area (Å²) in [4.78, 5) is 0. The first-order valence-corrected chi connectivity index (χ1v) is 23.8. The van der Waals surface area contributed by atoms with Gasteiger partial charge in [0.25, 0.3) is 0 Å². The van der Waals surface area contributed by atoms with Gasteiger partial charge in [-0.15, -0.1) is 0 Å². The molecule has 0 amide bonds. The van der Waals surface area contributed by atoms with Gasteiger partial charge in [-0.2, -0.15) is 0 Å². The lowest BCUT2D eigenvalue weighted by molar-refractivity contribution is 1.16. The predicted octanol–water partition coefficient (Wildman–Crippen LogP) is 12.6. The third kappa shape index (κ3) is 5.93. The van der Waals surface area contributed by atoms with Crippen molar-refractivity contribution < 1.29 is 0 Å². The summed E-state index contributed by atoms with van der Waals surface area (Å²) in [6, 6.07) is 94.2. The Balaban J connectivity index is 1.11. The van der Waals surface area contributed by atoms with Crippen LogP contribution < -0.4 is 20.7 Å². The molecule has 0 saturated heterocycles. The number of rotatable bonds is 8. The lowest BCUT2D eigenvalue weighted by atomic mass is 10.0. The summed E-state index contributed by atoms with van der Waals surface area (Å²) >= 11 is 0. The van der Waals surface area contributed by atoms with E-state index in [-0.39, 0.29) is 0 Å². The van der Waals surface area contributed by atoms with Crippen molar-refractivity contribution in [2.45, 2.75) is 0 Å². The van der Waals surface area contributed by atoms with E-state index in [1.54, 1.807) is 0 Å². The first kappa shape index (κ1) is 36.8. The van der Waals surface area contributed by atoms with Gasteiger partial charge in [-0.25, -0.2) is 0 Å². The van der Waals surface area contributed by atoms with Crippen molar-refractivity contribution in [3.63, 3.8) is 0 Å². The van der Waals surface area contributed by atoms with Gasteiger partial charge in [-0.1, -0.05) is 218 Å². The van der Waals surface area contributed by atoms with Gasteiger partial charge in [0.1, 0.15) is 0 Å². The van der Waals surface area contributed by atoms with Gasteiger partial charge >= 0.3 is 0 Å². The predicted molar refractivity (Wildman–Crippen MR) is 270 cm³/mol. The minimum Gasteiger partial charge on any atom is -0.309 e. The van der Waals surface area contributed by atoms with Gasteiger partial charge in [-0.05, 0) is 73.8 Å². The minimum absolute atomic E-state index is 1.13. The molecule has 10 aromatic carbocycles. The Labute approximate surface area is 368 Å². The fourth-order valence-electron chi connectivity index (χ4n) is 10.3. The SMILES string of the molecule is c1ccc(-c2ccc(-n3c4cc(-n5c6ccccc6c6cc([Si](c7ccccc7)(c7ccccc7)c7ccccc7)ccc65)ccc4c4cccc(-c5ccccc5)c43)cc2)cc1. The molecule has 0 aliphatic carbocycles. The second-order valence-electron chi connectivity index (χ2n) is 16.5. The lowest BCUT2D eigenvalue weighted by Gasteiger charge is -2.34. The topological polar surface area (TPSA) is 9.86 Å². The average Bonchev–Trinajstić information content (AvgIpc) is 3.88. The highest BCUT2D eigenvalue weighted by atomic mass is 28.3. The molecular formula is C60H42N2Si. The Hall–Kier alpha value is -7.98. The van der Waals surface area contributed by atoms with Crippen LogP contribution in [0.15, 0.2) is 255 Å². The minimum atomic E-state index is -2.75. The Kier molecular flexibility index (Phi) is 8.87. The van der Waals surface area contributed by atoms with Crippen molar-refractivity contribution in [2.24, 2.45) is 0 Å². The molecule has 0 spiro atoms. The maximum absolute atomic E-state index is 2.75. The Morgan fingerprint density at radius 2 is 0.746 bits per heavy atom. The molecule has 0 aliphatic rings. The molecule has 0 N–H and O–H groups in total. The number of nitrogens with zero attached hydrogens (tertiary/aromatic N) is 2. The molecule has 0 bridgehead atoms. The van der Waals surface area contributed by atoms with Crippen LogP contribution in [0.1, 0.15) is 0 Å². The summed E-state index contributed by atoms with van der Waals surface area (Å²) in [5.74, 6) is 0. The third-order valence-electron chi connectivity index (χ3n) is 13.1. The van der Waals surface area contributed by atoms with Crippen molar-refractivity contribution in [1.82, 2.24) is 9.13 Å². The van der Waals surface area contributed by atoms with Gasteiger partial charge < -0.3 is 9.13 Å². The highest BCUT2D eigenvalue weighted by Crippen LogP contribution is 2.40. The highest BCUT2D eigenvalue weighted by Gasteiger charge is 2.41. The van der Waals surface area contributed by atoms with E-state index >= 15 is 0 Å². The van der Waals surface area contributed by atoms with E-state index in [9.17, 15) is 0 Å². The first-order valence-electron chi connectivity index (χ1n) is 21.8. The fourth-order valence-corrected chi connectivity index (χ4v) is 15.1. The van der Waals surface area contributed by atoms with Crippen molar-refractivity contribution in [3.05, 3.63) is 255 Å². The molecule has 0 atom stereocenters. The Morgan fingerprint density at radius 1 is 0.254 bits per heavy atom. The number of hydrogen-bond acceptors (Lipinski definition) is 0. The number of benzene rings is 10. The van der Waals surface area contributed by atoms with E-state index < -0.39 is 8.07 Å². The smallest absolute Gasteiger partial charge is 0.179 e. The number of fused-ring (bicyclic) bond motifs is 6. The molecule has 0 saturated carbocycles. The highest BCUT2D eigenvalue weighted by molar-refractivity contribution is 7.20. The average molecular weight is 819 g/mol. The number of aromatic nitrogens is 2. The van der Waals surface area contributed by atoms with Gasteiger partial charge in [-0.3, -0.25) is 0 Å². The van der Waals surface area contributed by atoms with E-state index in [4.69, 9.17) is 0 Å². The monoisotopic (exact) mass is 818 g/mol. The molecule has 3 heteroatoms. The number of hydrogen-bond donors (Lipinski definition) is 0. The maximum Gasteiger partial charge on any atom is 0.179 e. The fraction of sp³-hybridized carbons (Fsp3) is 0. The van der Waals surface area contributed by atoms with Gasteiger partial charge in [0.15, 0.2) is 8.07 Å². The van der Waals surface area contributed by atoms with Gasteiger partial charge in [0.05, 0.1) is 22.1 Å². The summed E-state index contributed by atoms with van der Waals surface area (Å²) < 4.78 is 4.96. The standard InChI is InChI=1S/C60H42N2Si/c1-6-19-43(20-7-1)44-33-35-46(36-34-44)62-59-41-47(37-39-54(59)55-31-18-30-52(60(55)62)45-21-8-2-9-22-45)61-57-32-17-16-29-53(57)56-42-51(38-40-58(56)61)63(48-23-10-3-11-24-48,49-25-12-4-13-26-49)50-27-14-5-15-28-50/h1-42H. The van der Waals surface area contributed by atoms with Crippen LogP contribution in [-0.4, -0.2) is 17.2 Å². The zero-order chi connectivity index (χ0) is 41.7. The van der Waals surface area contributed by atoms with Gasteiger partial charge in [0.2, 0.25) is 0 Å². The molecule has 63 heavy (non-hydrogen) atoms. The van der Waals surface area contributed by atoms with Crippen molar-refractivity contribution in [3.8, 4) is 33.6 Å². The summed E-state index contributed by atoms with van der Waals surface area (Å²) in [5, 5.41) is 10.4. The third-order valence-corrected chi connectivity index (χ3v) is 17.8. The summed E-state index contributed by atoms with van der Waals surface area (Å²) in [7, 11) is -2.75. The molecule has 2 nitrogen and oxygen atoms in total. The van der Waals surface area contributed by atoms with Crippen molar-refractivity contribution in [1.29, 1.82) is 0 Å². The van der Waals surface area contributed by atoms with E-state index in [2.05, 4.69) is 264 Å². The van der Waals surface area contributed by atoms with Crippen LogP contribution in [0.5, 0.6) is 0 Å². The lowest BCUT2D eigenvalue weighted by Crippen LogP contribution is -2.74. The molecule has 0 radical (unpaired) electrons. The molecule has 0 unspecified atom stereocenters. The van der Waals surface area contributed by atoms with Crippen LogP contribution in [-0.2, 0) is 0 Å². The molecule has 2 heterocycles. The maximum atomic E-state index is 2.52. The molecule has 12 rings (SSSR count). The summed E-state index contributed by atoms with van der Waals surface area (Å²) in [6.45, 7) is 0. The van der Waals surface area contributed by atoms with Crippen molar-refractivity contribution >= 4 is 72.4 Å². The normalized spacial score (nSPS) is 11.8. The van der Waals surface area contributed by atoms with E-state index in [1.807, 2.05) is 0 Å². The molecule has 296 valence electrons. The van der Waals surface area contributed by atoms with Gasteiger partial charge in [0, 0.05) is 38.5 Å². The largest absolute Gasteiger partial charge is 0.309 e. The van der Waals surface area contributed by atoms with E-state index in [0.29, 0.717) is 0 Å². The van der Waals surface area contributed by atoms with Crippen molar-refractivity contribution in [2.75, 3.05) is 0 Å². The zero-order valence-corrected chi connectivity index (χ0v) is 35.6. The zero-order valence-electron chi connectivity index (χ0n) is 34.6. The quantitative estimate of drug-likeness (QED) is 0.107. The molecular weight excluding hydrogens is 777 g/mol. The molecule has 0 aliphatic heterocycles. The molecule has 12 aromatic rings. The van der Waals surface area contributed by atoms with Crippen LogP contribution in [0.3, 0.4) is 0 Å². The second-order valence-corrected chi connectivity index (χ2v) is 20.3. The van der Waals surface area contributed by atoms with Crippen LogP contribution >= 0.6 is 0 Å². The Bertz CT molecular complexity index is 3480. The number of para-hydroxylation sites is 2. The first-order chi connectivity index (χ1) is 31.3. The Morgan fingerprint density at radius 3 is 1.38 bits per heavy atom. The second kappa shape index (κ2) is 15.2. The molecule has 2 aromatic heterocycles. The van der Waals surface area contributed by atoms with Crippen LogP contribution in [0.25, 0.3) is 77.2 Å². The van der Waals surface area contributed by atoms with Crippen LogP contribution in [0.4, 0.5) is 0 Å². The van der Waals surface area contributed by atoms with Crippen LogP contribution in [0.2, 0.25) is 0 Å². The van der Waals surface area contributed by atoms with Crippen LogP contribution in [0, 0.1) is 0 Å². The van der Waals surface area contributed by atoms with E-state index in [0.717, 1.165) is 11.4 Å². The van der Waals surface area contributed by atoms with E-state index in [1.165, 1.54) is 86.6 Å². The molecule has 0 fully saturated rings. The summed E-state index contributed by atoms with van der Waals surface area (Å²) in [5.41, 5.74) is 11.8. The summed E-state index contributed by atoms with van der Waals surface area (Å²) in [6.07, 6.45) is 0.